The van der Waals surface area contributed by atoms with Gasteiger partial charge in [0.1, 0.15) is 21.6 Å². The van der Waals surface area contributed by atoms with Crippen molar-refractivity contribution in [1.82, 2.24) is 5.16 Å². The zero-order valence-electron chi connectivity index (χ0n) is 10.6. The number of rotatable bonds is 2. The van der Waals surface area contributed by atoms with Gasteiger partial charge in [0, 0.05) is 5.56 Å². The van der Waals surface area contributed by atoms with Crippen molar-refractivity contribution in [3.8, 4) is 17.0 Å². The topological polar surface area (TPSA) is 35.3 Å². The first-order chi connectivity index (χ1) is 10.1. The summed E-state index contributed by atoms with van der Waals surface area (Å²) >= 11 is 18.5. The Morgan fingerprint density at radius 2 is 1.81 bits per heavy atom. The summed E-state index contributed by atoms with van der Waals surface area (Å²) in [6, 6.07) is 6.14. The normalized spacial score (nSPS) is 11.1. The van der Waals surface area contributed by atoms with Gasteiger partial charge in [0.15, 0.2) is 11.3 Å². The Balaban J connectivity index is 2.41. The van der Waals surface area contributed by atoms with Crippen LogP contribution in [0.5, 0.6) is 5.75 Å². The highest BCUT2D eigenvalue weighted by atomic mass is 35.5. The van der Waals surface area contributed by atoms with Gasteiger partial charge in [-0.3, -0.25) is 0 Å². The molecule has 0 bridgehead atoms. The Bertz CT molecular complexity index is 848. The van der Waals surface area contributed by atoms with Gasteiger partial charge in [0.25, 0.3) is 0 Å². The van der Waals surface area contributed by atoms with Gasteiger partial charge in [-0.2, -0.15) is 0 Å². The van der Waals surface area contributed by atoms with E-state index in [4.69, 9.17) is 44.1 Å². The van der Waals surface area contributed by atoms with Crippen LogP contribution in [0.2, 0.25) is 15.1 Å². The molecule has 0 aliphatic carbocycles. The van der Waals surface area contributed by atoms with Crippen LogP contribution >= 0.6 is 34.8 Å². The Morgan fingerprint density at radius 3 is 2.48 bits per heavy atom. The Labute approximate surface area is 134 Å². The molecule has 0 spiro atoms. The van der Waals surface area contributed by atoms with Gasteiger partial charge in [-0.15, -0.1) is 0 Å². The number of hydrogen-bond acceptors (Lipinski definition) is 3. The second kappa shape index (κ2) is 5.37. The number of nitrogens with zero attached hydrogens (tertiary/aromatic N) is 1. The molecule has 0 fully saturated rings. The quantitative estimate of drug-likeness (QED) is 0.566. The molecule has 0 unspecified atom stereocenters. The molecule has 108 valence electrons. The fraction of sp³-hybridized carbons (Fsp3) is 0.0714. The standard InChI is InChI=1S/C14H7Cl3FNO2/c1-20-14-10(16)9(15)8-12(19-21-13(8)11(14)17)6-4-2-3-5-7(6)18/h2-5H,1H3. The van der Waals surface area contributed by atoms with E-state index in [0.717, 1.165) is 0 Å². The molecule has 21 heavy (non-hydrogen) atoms. The van der Waals surface area contributed by atoms with Crippen molar-refractivity contribution in [1.29, 1.82) is 0 Å². The number of benzene rings is 2. The molecule has 7 heteroatoms. The molecule has 0 saturated carbocycles. The molecule has 3 aromatic rings. The number of fused-ring (bicyclic) bond motifs is 1. The number of halogens is 4. The minimum atomic E-state index is -0.452. The van der Waals surface area contributed by atoms with Gasteiger partial charge in [-0.1, -0.05) is 52.1 Å². The lowest BCUT2D eigenvalue weighted by Gasteiger charge is -2.08. The number of ether oxygens (including phenoxy) is 1. The van der Waals surface area contributed by atoms with E-state index in [1.807, 2.05) is 0 Å². The highest BCUT2D eigenvalue weighted by Gasteiger charge is 2.25. The minimum Gasteiger partial charge on any atom is -0.493 e. The molecule has 0 atom stereocenters. The first kappa shape index (κ1) is 14.4. The third kappa shape index (κ3) is 2.14. The van der Waals surface area contributed by atoms with Crippen LogP contribution in [0.1, 0.15) is 0 Å². The summed E-state index contributed by atoms with van der Waals surface area (Å²) in [5.74, 6) is -0.265. The van der Waals surface area contributed by atoms with Crippen molar-refractivity contribution in [2.75, 3.05) is 7.11 Å². The van der Waals surface area contributed by atoms with E-state index in [0.29, 0.717) is 5.39 Å². The van der Waals surface area contributed by atoms with Gasteiger partial charge in [-0.25, -0.2) is 4.39 Å². The number of methoxy groups -OCH3 is 1. The molecule has 0 aliphatic rings. The summed E-state index contributed by atoms with van der Waals surface area (Å²) < 4.78 is 24.2. The molecule has 1 heterocycles. The lowest BCUT2D eigenvalue weighted by molar-refractivity contribution is 0.412. The molecule has 1 aromatic heterocycles. The van der Waals surface area contributed by atoms with Gasteiger partial charge in [0.2, 0.25) is 0 Å². The minimum absolute atomic E-state index is 0.123. The fourth-order valence-corrected chi connectivity index (χ4v) is 2.95. The van der Waals surface area contributed by atoms with E-state index in [9.17, 15) is 4.39 Å². The van der Waals surface area contributed by atoms with Crippen LogP contribution in [0.15, 0.2) is 28.8 Å². The van der Waals surface area contributed by atoms with Gasteiger partial charge in [-0.05, 0) is 12.1 Å². The van der Waals surface area contributed by atoms with Crippen LogP contribution in [0, 0.1) is 5.82 Å². The van der Waals surface area contributed by atoms with Gasteiger partial charge >= 0.3 is 0 Å². The van der Waals surface area contributed by atoms with Crippen molar-refractivity contribution in [2.45, 2.75) is 0 Å². The Hall–Kier alpha value is -1.49. The second-order valence-corrected chi connectivity index (χ2v) is 5.32. The molecular weight excluding hydrogens is 340 g/mol. The zero-order chi connectivity index (χ0) is 15.1. The van der Waals surface area contributed by atoms with Crippen molar-refractivity contribution in [3.05, 3.63) is 45.2 Å². The molecular formula is C14H7Cl3FNO2. The summed E-state index contributed by atoms with van der Waals surface area (Å²) in [4.78, 5) is 0. The van der Waals surface area contributed by atoms with Crippen LogP contribution in [-0.4, -0.2) is 12.3 Å². The van der Waals surface area contributed by atoms with Crippen LogP contribution < -0.4 is 4.74 Å². The van der Waals surface area contributed by atoms with Crippen molar-refractivity contribution < 1.29 is 13.7 Å². The average molecular weight is 347 g/mol. The summed E-state index contributed by atoms with van der Waals surface area (Å²) in [5, 5.41) is 4.62. The highest BCUT2D eigenvalue weighted by Crippen LogP contribution is 2.47. The second-order valence-electron chi connectivity index (χ2n) is 4.19. The lowest BCUT2D eigenvalue weighted by atomic mass is 10.1. The largest absolute Gasteiger partial charge is 0.493 e. The predicted molar refractivity (Wildman–Crippen MR) is 81.0 cm³/mol. The molecule has 0 N–H and O–H groups in total. The molecule has 3 rings (SSSR count). The summed E-state index contributed by atoms with van der Waals surface area (Å²) in [6.45, 7) is 0. The monoisotopic (exact) mass is 345 g/mol. The van der Waals surface area contributed by atoms with Crippen molar-refractivity contribution >= 4 is 45.8 Å². The number of aromatic nitrogens is 1. The number of hydrogen-bond donors (Lipinski definition) is 0. The van der Waals surface area contributed by atoms with E-state index in [1.54, 1.807) is 18.2 Å². The van der Waals surface area contributed by atoms with E-state index < -0.39 is 5.82 Å². The maximum atomic E-state index is 13.9. The van der Waals surface area contributed by atoms with E-state index in [2.05, 4.69) is 5.16 Å². The summed E-state index contributed by atoms with van der Waals surface area (Å²) in [5.41, 5.74) is 0.677. The zero-order valence-corrected chi connectivity index (χ0v) is 12.9. The van der Waals surface area contributed by atoms with Crippen molar-refractivity contribution in [3.63, 3.8) is 0 Å². The third-order valence-corrected chi connectivity index (χ3v) is 4.21. The average Bonchev–Trinajstić information content (AvgIpc) is 2.91. The predicted octanol–water partition coefficient (Wildman–Crippen LogP) is 5.60. The fourth-order valence-electron chi connectivity index (χ4n) is 2.07. The van der Waals surface area contributed by atoms with Crippen LogP contribution in [0.25, 0.3) is 22.2 Å². The molecule has 2 aromatic carbocycles. The van der Waals surface area contributed by atoms with E-state index in [-0.39, 0.29) is 37.7 Å². The lowest BCUT2D eigenvalue weighted by Crippen LogP contribution is -1.89. The first-order valence-corrected chi connectivity index (χ1v) is 6.94. The van der Waals surface area contributed by atoms with Crippen LogP contribution in [0.4, 0.5) is 4.39 Å². The molecule has 0 amide bonds. The summed E-state index contributed by atoms with van der Waals surface area (Å²) in [7, 11) is 1.41. The Morgan fingerprint density at radius 1 is 1.10 bits per heavy atom. The highest BCUT2D eigenvalue weighted by molar-refractivity contribution is 6.49. The maximum absolute atomic E-state index is 13.9. The third-order valence-electron chi connectivity index (χ3n) is 3.04. The van der Waals surface area contributed by atoms with Gasteiger partial charge < -0.3 is 9.26 Å². The molecule has 0 aliphatic heterocycles. The van der Waals surface area contributed by atoms with Crippen molar-refractivity contribution in [2.24, 2.45) is 0 Å². The maximum Gasteiger partial charge on any atom is 0.191 e. The SMILES string of the molecule is COc1c(Cl)c(Cl)c2c(-c3ccccc3F)noc2c1Cl. The molecule has 0 radical (unpaired) electrons. The van der Waals surface area contributed by atoms with Gasteiger partial charge in [0.05, 0.1) is 17.5 Å². The molecule has 3 nitrogen and oxygen atoms in total. The smallest absolute Gasteiger partial charge is 0.191 e. The van der Waals surface area contributed by atoms with Crippen LogP contribution in [-0.2, 0) is 0 Å². The molecule has 0 saturated heterocycles. The first-order valence-electron chi connectivity index (χ1n) is 5.81. The van der Waals surface area contributed by atoms with E-state index in [1.165, 1.54) is 13.2 Å². The van der Waals surface area contributed by atoms with E-state index >= 15 is 0 Å². The Kier molecular flexibility index (Phi) is 3.69. The van der Waals surface area contributed by atoms with Crippen LogP contribution in [0.3, 0.4) is 0 Å². The summed E-state index contributed by atoms with van der Waals surface area (Å²) in [6.07, 6.45) is 0.